The quantitative estimate of drug-likeness (QED) is 0.863. The first-order valence-corrected chi connectivity index (χ1v) is 7.76. The summed E-state index contributed by atoms with van der Waals surface area (Å²) in [5.74, 6) is 1.91. The van der Waals surface area contributed by atoms with Crippen molar-refractivity contribution < 1.29 is 8.42 Å². The molecule has 1 N–H and O–H groups in total. The van der Waals surface area contributed by atoms with Gasteiger partial charge in [-0.1, -0.05) is 0 Å². The lowest BCUT2D eigenvalue weighted by Gasteiger charge is -2.23. The molecule has 6 nitrogen and oxygen atoms in total. The van der Waals surface area contributed by atoms with Gasteiger partial charge >= 0.3 is 0 Å². The zero-order valence-electron chi connectivity index (χ0n) is 10.6. The van der Waals surface area contributed by atoms with E-state index >= 15 is 0 Å². The second-order valence-electron chi connectivity index (χ2n) is 4.71. The van der Waals surface area contributed by atoms with Crippen molar-refractivity contribution in [1.29, 1.82) is 0 Å². The molecule has 0 radical (unpaired) electrons. The minimum atomic E-state index is -2.81. The molecule has 0 spiro atoms. The molecule has 1 aromatic heterocycles. The summed E-state index contributed by atoms with van der Waals surface area (Å²) in [6, 6.07) is 1.98. The van der Waals surface area contributed by atoms with Crippen LogP contribution in [0.3, 0.4) is 0 Å². The zero-order valence-corrected chi connectivity index (χ0v) is 11.4. The first kappa shape index (κ1) is 13.1. The minimum absolute atomic E-state index is 0.179. The molecule has 1 aromatic rings. The van der Waals surface area contributed by atoms with Gasteiger partial charge in [-0.05, 0) is 18.9 Å². The van der Waals surface area contributed by atoms with Crippen molar-refractivity contribution >= 4 is 21.6 Å². The van der Waals surface area contributed by atoms with Crippen molar-refractivity contribution in [3.05, 3.63) is 12.3 Å². The summed E-state index contributed by atoms with van der Waals surface area (Å²) in [5.41, 5.74) is 0. The summed E-state index contributed by atoms with van der Waals surface area (Å²) in [6.07, 6.45) is 2.98. The normalized spacial score (nSPS) is 19.4. The van der Waals surface area contributed by atoms with Crippen LogP contribution < -0.4 is 10.2 Å². The Hall–Kier alpha value is -1.37. The zero-order chi connectivity index (χ0) is 13.2. The van der Waals surface area contributed by atoms with Crippen molar-refractivity contribution in [2.45, 2.75) is 18.9 Å². The van der Waals surface area contributed by atoms with Crippen molar-refractivity contribution in [1.82, 2.24) is 9.97 Å². The van der Waals surface area contributed by atoms with Gasteiger partial charge in [0.15, 0.2) is 0 Å². The lowest BCUT2D eigenvalue weighted by atomic mass is 10.1. The lowest BCUT2D eigenvalue weighted by molar-refractivity contribution is 0.559. The molecule has 0 unspecified atom stereocenters. The lowest BCUT2D eigenvalue weighted by Crippen LogP contribution is -2.32. The van der Waals surface area contributed by atoms with Crippen LogP contribution in [0.5, 0.6) is 0 Å². The third-order valence-corrected chi connectivity index (χ3v) is 4.66. The second kappa shape index (κ2) is 5.09. The highest BCUT2D eigenvalue weighted by Gasteiger charge is 2.23. The molecular formula is C11H18N4O2S. The van der Waals surface area contributed by atoms with E-state index in [0.717, 1.165) is 5.82 Å². The van der Waals surface area contributed by atoms with Gasteiger partial charge in [0.1, 0.15) is 15.7 Å². The number of hydrogen-bond acceptors (Lipinski definition) is 6. The van der Waals surface area contributed by atoms with Crippen molar-refractivity contribution in [3.8, 4) is 0 Å². The molecule has 0 saturated carbocycles. The van der Waals surface area contributed by atoms with Crippen LogP contribution in [0.15, 0.2) is 12.3 Å². The summed E-state index contributed by atoms with van der Waals surface area (Å²) in [4.78, 5) is 10.3. The predicted molar refractivity (Wildman–Crippen MR) is 71.7 cm³/mol. The van der Waals surface area contributed by atoms with E-state index in [1.54, 1.807) is 12.3 Å². The van der Waals surface area contributed by atoms with Gasteiger partial charge in [-0.15, -0.1) is 0 Å². The van der Waals surface area contributed by atoms with Crippen LogP contribution >= 0.6 is 0 Å². The Morgan fingerprint density at radius 3 is 2.61 bits per heavy atom. The molecule has 2 rings (SSSR count). The average molecular weight is 270 g/mol. The highest BCUT2D eigenvalue weighted by Crippen LogP contribution is 2.17. The average Bonchev–Trinajstić information content (AvgIpc) is 2.32. The van der Waals surface area contributed by atoms with Crippen LogP contribution in [0.25, 0.3) is 0 Å². The largest absolute Gasteiger partial charge is 0.367 e. The maximum absolute atomic E-state index is 11.3. The molecule has 1 saturated heterocycles. The Morgan fingerprint density at radius 2 is 2.00 bits per heavy atom. The smallest absolute Gasteiger partial charge is 0.226 e. The third kappa shape index (κ3) is 3.32. The second-order valence-corrected chi connectivity index (χ2v) is 7.01. The Balaban J connectivity index is 2.00. The Morgan fingerprint density at radius 1 is 1.33 bits per heavy atom. The topological polar surface area (TPSA) is 75.2 Å². The summed E-state index contributed by atoms with van der Waals surface area (Å²) in [5, 5.41) is 3.27. The molecule has 7 heteroatoms. The predicted octanol–water partition coefficient (Wildman–Crippen LogP) is 0.532. The number of rotatable bonds is 3. The van der Waals surface area contributed by atoms with Crippen LogP contribution in [0, 0.1) is 0 Å². The van der Waals surface area contributed by atoms with E-state index in [1.807, 2.05) is 19.0 Å². The minimum Gasteiger partial charge on any atom is -0.367 e. The molecule has 1 fully saturated rings. The van der Waals surface area contributed by atoms with Gasteiger partial charge in [0.25, 0.3) is 0 Å². The molecule has 0 aliphatic carbocycles. The summed E-state index contributed by atoms with van der Waals surface area (Å²) in [7, 11) is 0.952. The summed E-state index contributed by atoms with van der Waals surface area (Å²) >= 11 is 0. The van der Waals surface area contributed by atoms with Crippen molar-refractivity contribution in [2.75, 3.05) is 35.8 Å². The number of hydrogen-bond donors (Lipinski definition) is 1. The molecule has 0 amide bonds. The fraction of sp³-hybridized carbons (Fsp3) is 0.636. The Kier molecular flexibility index (Phi) is 3.70. The van der Waals surface area contributed by atoms with E-state index in [4.69, 9.17) is 0 Å². The standard InChI is InChI=1S/C11H18N4O2S/c1-15(2)11-12-6-3-10(14-11)13-9-4-7-18(16,17)8-5-9/h3,6,9H,4-5,7-8H2,1-2H3,(H,12,13,14). The van der Waals surface area contributed by atoms with Gasteiger partial charge in [0, 0.05) is 26.3 Å². The molecule has 2 heterocycles. The van der Waals surface area contributed by atoms with Crippen LogP contribution in [0.1, 0.15) is 12.8 Å². The fourth-order valence-electron chi connectivity index (χ4n) is 1.89. The van der Waals surface area contributed by atoms with Crippen LogP contribution in [0.2, 0.25) is 0 Å². The van der Waals surface area contributed by atoms with Crippen LogP contribution in [-0.2, 0) is 9.84 Å². The van der Waals surface area contributed by atoms with E-state index in [9.17, 15) is 8.42 Å². The molecule has 1 aliphatic heterocycles. The van der Waals surface area contributed by atoms with Crippen molar-refractivity contribution in [2.24, 2.45) is 0 Å². The van der Waals surface area contributed by atoms with Gasteiger partial charge in [-0.25, -0.2) is 13.4 Å². The Bertz CT molecular complexity index is 502. The van der Waals surface area contributed by atoms with Crippen molar-refractivity contribution in [3.63, 3.8) is 0 Å². The maximum Gasteiger partial charge on any atom is 0.226 e. The van der Waals surface area contributed by atoms with E-state index in [2.05, 4.69) is 15.3 Å². The van der Waals surface area contributed by atoms with E-state index in [0.29, 0.717) is 18.8 Å². The number of nitrogens with zero attached hydrogens (tertiary/aromatic N) is 3. The maximum atomic E-state index is 11.3. The fourth-order valence-corrected chi connectivity index (χ4v) is 3.38. The summed E-state index contributed by atoms with van der Waals surface area (Å²) in [6.45, 7) is 0. The SMILES string of the molecule is CN(C)c1nccc(NC2CCS(=O)(=O)CC2)n1. The molecule has 18 heavy (non-hydrogen) atoms. The highest BCUT2D eigenvalue weighted by atomic mass is 32.2. The third-order valence-electron chi connectivity index (χ3n) is 2.95. The first-order chi connectivity index (χ1) is 8.46. The van der Waals surface area contributed by atoms with Gasteiger partial charge in [0.05, 0.1) is 11.5 Å². The van der Waals surface area contributed by atoms with Gasteiger partial charge in [0.2, 0.25) is 5.95 Å². The molecule has 0 aromatic carbocycles. The van der Waals surface area contributed by atoms with E-state index < -0.39 is 9.84 Å². The van der Waals surface area contributed by atoms with Crippen LogP contribution in [-0.4, -0.2) is 50.0 Å². The number of sulfone groups is 1. The molecule has 0 bridgehead atoms. The van der Waals surface area contributed by atoms with Gasteiger partial charge in [-0.3, -0.25) is 0 Å². The number of aromatic nitrogens is 2. The molecule has 1 aliphatic rings. The monoisotopic (exact) mass is 270 g/mol. The van der Waals surface area contributed by atoms with E-state index in [1.165, 1.54) is 0 Å². The van der Waals surface area contributed by atoms with Crippen LogP contribution in [0.4, 0.5) is 11.8 Å². The number of anilines is 2. The molecular weight excluding hydrogens is 252 g/mol. The summed E-state index contributed by atoms with van der Waals surface area (Å²) < 4.78 is 22.7. The highest BCUT2D eigenvalue weighted by molar-refractivity contribution is 7.91. The molecule has 100 valence electrons. The van der Waals surface area contributed by atoms with Gasteiger partial charge in [-0.2, -0.15) is 4.98 Å². The molecule has 0 atom stereocenters. The van der Waals surface area contributed by atoms with E-state index in [-0.39, 0.29) is 17.5 Å². The first-order valence-electron chi connectivity index (χ1n) is 5.93. The Labute approximate surface area is 107 Å². The van der Waals surface area contributed by atoms with Gasteiger partial charge < -0.3 is 10.2 Å². The number of nitrogens with one attached hydrogen (secondary N) is 1.